The van der Waals surface area contributed by atoms with E-state index >= 15 is 0 Å². The van der Waals surface area contributed by atoms with Crippen molar-refractivity contribution in [2.24, 2.45) is 0 Å². The summed E-state index contributed by atoms with van der Waals surface area (Å²) in [5.74, 6) is 0.443. The van der Waals surface area contributed by atoms with Crippen LogP contribution in [0.15, 0.2) is 43.6 Å². The summed E-state index contributed by atoms with van der Waals surface area (Å²) in [7, 11) is 0. The number of nitrogens with zero attached hydrogens (tertiary/aromatic N) is 1. The molecule has 25 heavy (non-hydrogen) atoms. The minimum absolute atomic E-state index is 0.121. The topological polar surface area (TPSA) is 77.5 Å². The number of halogens is 3. The van der Waals surface area contributed by atoms with Crippen LogP contribution in [0.4, 0.5) is 5.82 Å². The summed E-state index contributed by atoms with van der Waals surface area (Å²) in [4.78, 5) is 27.5. The Bertz CT molecular complexity index is 905. The molecule has 0 bridgehead atoms. The van der Waals surface area contributed by atoms with Gasteiger partial charge in [0.25, 0.3) is 5.91 Å². The molecule has 0 radical (unpaired) electrons. The number of pyridine rings is 1. The zero-order chi connectivity index (χ0) is 18.1. The quantitative estimate of drug-likeness (QED) is 0.263. The maximum absolute atomic E-state index is 12.2. The zero-order valence-corrected chi connectivity index (χ0v) is 17.4. The number of nitrogens with one attached hydrogen (secondary N) is 1. The molecule has 0 atom stereocenters. The van der Waals surface area contributed by atoms with Gasteiger partial charge in [-0.15, -0.1) is 0 Å². The standard InChI is InChI=1S/C16H9Br3N2O4/c1-7(22)24-14-9(17)4-8(5-10(14)18)6-12-16(23)21-15-11(25-12)2-3-13(19)20-15/h2-6H,1H3,(H,20,21,23)/b12-6-. The Balaban J connectivity index is 1.94. The SMILES string of the molecule is CC(=O)Oc1c(Br)cc(/C=C2\Oc3ccc(Br)nc3NC2=O)cc1Br. The molecule has 0 fully saturated rings. The van der Waals surface area contributed by atoms with Crippen LogP contribution in [0.1, 0.15) is 12.5 Å². The Morgan fingerprint density at radius 1 is 1.24 bits per heavy atom. The molecule has 1 aromatic heterocycles. The second-order valence-electron chi connectivity index (χ2n) is 4.95. The molecule has 2 aromatic rings. The highest BCUT2D eigenvalue weighted by Gasteiger charge is 2.23. The van der Waals surface area contributed by atoms with Crippen LogP contribution < -0.4 is 14.8 Å². The van der Waals surface area contributed by atoms with E-state index in [9.17, 15) is 9.59 Å². The first-order chi connectivity index (χ1) is 11.8. The minimum Gasteiger partial charge on any atom is -0.448 e. The van der Waals surface area contributed by atoms with E-state index in [2.05, 4.69) is 58.1 Å². The summed E-state index contributed by atoms with van der Waals surface area (Å²) in [5.41, 5.74) is 0.674. The third kappa shape index (κ3) is 4.10. The van der Waals surface area contributed by atoms with Crippen LogP contribution in [0.2, 0.25) is 0 Å². The smallest absolute Gasteiger partial charge is 0.308 e. The first-order valence-corrected chi connectivity index (χ1v) is 9.26. The maximum atomic E-state index is 12.2. The van der Waals surface area contributed by atoms with Crippen LogP contribution in [0, 0.1) is 0 Å². The first kappa shape index (κ1) is 18.1. The predicted octanol–water partition coefficient (Wildman–Crippen LogP) is 4.67. The van der Waals surface area contributed by atoms with Crippen molar-refractivity contribution in [3.05, 3.63) is 49.1 Å². The molecule has 3 rings (SSSR count). The van der Waals surface area contributed by atoms with Crippen LogP contribution >= 0.6 is 47.8 Å². The molecule has 1 N–H and O–H groups in total. The second-order valence-corrected chi connectivity index (χ2v) is 7.47. The lowest BCUT2D eigenvalue weighted by Crippen LogP contribution is -2.24. The van der Waals surface area contributed by atoms with Crippen molar-refractivity contribution in [2.75, 3.05) is 5.32 Å². The van der Waals surface area contributed by atoms with Gasteiger partial charge in [0.05, 0.1) is 8.95 Å². The number of rotatable bonds is 2. The lowest BCUT2D eigenvalue weighted by Gasteiger charge is -2.19. The molecule has 9 heteroatoms. The summed E-state index contributed by atoms with van der Waals surface area (Å²) in [6.45, 7) is 1.32. The van der Waals surface area contributed by atoms with E-state index < -0.39 is 11.9 Å². The first-order valence-electron chi connectivity index (χ1n) is 6.88. The van der Waals surface area contributed by atoms with Crippen molar-refractivity contribution in [3.8, 4) is 11.5 Å². The number of fused-ring (bicyclic) bond motifs is 1. The van der Waals surface area contributed by atoms with Gasteiger partial charge in [0, 0.05) is 6.92 Å². The van der Waals surface area contributed by atoms with Crippen LogP contribution in [-0.4, -0.2) is 16.9 Å². The molecule has 0 spiro atoms. The highest BCUT2D eigenvalue weighted by Crippen LogP contribution is 2.36. The van der Waals surface area contributed by atoms with Gasteiger partial charge in [-0.1, -0.05) is 0 Å². The number of anilines is 1. The number of hydrogen-bond acceptors (Lipinski definition) is 5. The predicted molar refractivity (Wildman–Crippen MR) is 102 cm³/mol. The Morgan fingerprint density at radius 3 is 2.56 bits per heavy atom. The molecular weight excluding hydrogens is 524 g/mol. The van der Waals surface area contributed by atoms with Crippen LogP contribution in [-0.2, 0) is 9.59 Å². The maximum Gasteiger partial charge on any atom is 0.308 e. The third-order valence-electron chi connectivity index (χ3n) is 3.06. The van der Waals surface area contributed by atoms with Crippen LogP contribution in [0.5, 0.6) is 11.5 Å². The van der Waals surface area contributed by atoms with E-state index in [0.29, 0.717) is 36.4 Å². The van der Waals surface area contributed by atoms with Gasteiger partial charge in [-0.2, -0.15) is 0 Å². The summed E-state index contributed by atoms with van der Waals surface area (Å²) >= 11 is 9.93. The summed E-state index contributed by atoms with van der Waals surface area (Å²) < 4.78 is 12.5. The largest absolute Gasteiger partial charge is 0.448 e. The molecule has 0 unspecified atom stereocenters. The van der Waals surface area contributed by atoms with Crippen molar-refractivity contribution < 1.29 is 19.1 Å². The Morgan fingerprint density at radius 2 is 1.92 bits per heavy atom. The van der Waals surface area contributed by atoms with E-state index in [1.54, 1.807) is 30.3 Å². The number of amides is 1. The van der Waals surface area contributed by atoms with Gasteiger partial charge in [-0.3, -0.25) is 9.59 Å². The number of esters is 1. The second kappa shape index (κ2) is 7.27. The van der Waals surface area contributed by atoms with Crippen molar-refractivity contribution in [3.63, 3.8) is 0 Å². The molecule has 0 saturated carbocycles. The fourth-order valence-corrected chi connectivity index (χ4v) is 3.77. The van der Waals surface area contributed by atoms with Crippen molar-refractivity contribution in [1.29, 1.82) is 0 Å². The molecule has 1 aliphatic rings. The van der Waals surface area contributed by atoms with Crippen LogP contribution in [0.3, 0.4) is 0 Å². The molecule has 0 aliphatic carbocycles. The van der Waals surface area contributed by atoms with Gasteiger partial charge in [0.1, 0.15) is 4.60 Å². The fraction of sp³-hybridized carbons (Fsp3) is 0.0625. The lowest BCUT2D eigenvalue weighted by molar-refractivity contribution is -0.132. The van der Waals surface area contributed by atoms with E-state index in [0.717, 1.165) is 0 Å². The monoisotopic (exact) mass is 530 g/mol. The Labute approximate surface area is 168 Å². The van der Waals surface area contributed by atoms with E-state index in [1.165, 1.54) is 6.92 Å². The number of benzene rings is 1. The number of carbonyl (C=O) groups excluding carboxylic acids is 2. The molecule has 1 amide bonds. The van der Waals surface area contributed by atoms with Crippen LogP contribution in [0.25, 0.3) is 6.08 Å². The van der Waals surface area contributed by atoms with Crippen molar-refractivity contribution in [1.82, 2.24) is 4.98 Å². The van der Waals surface area contributed by atoms with Gasteiger partial charge in [-0.05, 0) is 83.7 Å². The highest BCUT2D eigenvalue weighted by atomic mass is 79.9. The minimum atomic E-state index is -0.433. The average molecular weight is 533 g/mol. The third-order valence-corrected chi connectivity index (χ3v) is 4.68. The molecule has 0 saturated heterocycles. The molecule has 1 aromatic carbocycles. The molecule has 6 nitrogen and oxygen atoms in total. The van der Waals surface area contributed by atoms with Gasteiger partial charge in [0.15, 0.2) is 23.1 Å². The zero-order valence-electron chi connectivity index (χ0n) is 12.6. The molecule has 128 valence electrons. The van der Waals surface area contributed by atoms with Gasteiger partial charge >= 0.3 is 5.97 Å². The summed E-state index contributed by atoms with van der Waals surface area (Å²) in [5, 5.41) is 2.67. The Kier molecular flexibility index (Phi) is 5.26. The van der Waals surface area contributed by atoms with E-state index in [4.69, 9.17) is 9.47 Å². The summed E-state index contributed by atoms with van der Waals surface area (Å²) in [6.07, 6.45) is 1.58. The van der Waals surface area contributed by atoms with Crippen molar-refractivity contribution >= 4 is 71.6 Å². The van der Waals surface area contributed by atoms with Gasteiger partial charge in [0.2, 0.25) is 0 Å². The number of ether oxygens (including phenoxy) is 2. The Hall–Kier alpha value is -1.71. The molecule has 1 aliphatic heterocycles. The van der Waals surface area contributed by atoms with E-state index in [1.807, 2.05) is 0 Å². The number of hydrogen-bond donors (Lipinski definition) is 1. The highest BCUT2D eigenvalue weighted by molar-refractivity contribution is 9.11. The van der Waals surface area contributed by atoms with Gasteiger partial charge < -0.3 is 14.8 Å². The molecule has 2 heterocycles. The summed E-state index contributed by atoms with van der Waals surface area (Å²) in [6, 6.07) is 6.84. The number of aromatic nitrogens is 1. The fourth-order valence-electron chi connectivity index (χ4n) is 2.08. The van der Waals surface area contributed by atoms with Gasteiger partial charge in [-0.25, -0.2) is 4.98 Å². The van der Waals surface area contributed by atoms with Crippen molar-refractivity contribution in [2.45, 2.75) is 6.92 Å². The van der Waals surface area contributed by atoms with E-state index in [-0.39, 0.29) is 5.76 Å². The normalized spacial score (nSPS) is 14.6. The average Bonchev–Trinajstić information content (AvgIpc) is 2.52. The lowest BCUT2D eigenvalue weighted by atomic mass is 10.2. The number of carbonyl (C=O) groups is 2. The molecular formula is C16H9Br3N2O4.